The molecule has 5 nitrogen and oxygen atoms in total. The van der Waals surface area contributed by atoms with Crippen LogP contribution in [-0.4, -0.2) is 52.0 Å². The maximum absolute atomic E-state index is 13.0. The van der Waals surface area contributed by atoms with E-state index in [4.69, 9.17) is 0 Å². The minimum atomic E-state index is -0.982. The summed E-state index contributed by atoms with van der Waals surface area (Å²) in [6.45, 7) is 7.88. The molecule has 1 atom stereocenters. The first-order valence-electron chi connectivity index (χ1n) is 9.87. The van der Waals surface area contributed by atoms with E-state index < -0.39 is 10.8 Å². The van der Waals surface area contributed by atoms with Gasteiger partial charge in [0, 0.05) is 46.6 Å². The molecule has 2 amide bonds. The minimum absolute atomic E-state index is 0.134. The third-order valence-corrected chi connectivity index (χ3v) is 6.44. The second-order valence-corrected chi connectivity index (χ2v) is 10.6. The summed E-state index contributed by atoms with van der Waals surface area (Å²) in [4.78, 5) is 16.8. The summed E-state index contributed by atoms with van der Waals surface area (Å²) >= 11 is 0. The van der Waals surface area contributed by atoms with Gasteiger partial charge in [-0.25, -0.2) is 4.79 Å². The Labute approximate surface area is 177 Å². The van der Waals surface area contributed by atoms with Crippen molar-refractivity contribution in [2.45, 2.75) is 37.8 Å². The predicted molar refractivity (Wildman–Crippen MR) is 122 cm³/mol. The van der Waals surface area contributed by atoms with Crippen LogP contribution in [0.4, 0.5) is 10.5 Å². The molecule has 0 aliphatic rings. The summed E-state index contributed by atoms with van der Waals surface area (Å²) in [7, 11) is 3.01. The van der Waals surface area contributed by atoms with Crippen LogP contribution in [0.3, 0.4) is 0 Å². The first-order chi connectivity index (χ1) is 13.6. The second kappa shape index (κ2) is 10.6. The maximum atomic E-state index is 13.0. The first kappa shape index (κ1) is 23.1. The molecule has 2 rings (SSSR count). The van der Waals surface area contributed by atoms with Gasteiger partial charge in [-0.05, 0) is 58.1 Å². The highest BCUT2D eigenvalue weighted by Crippen LogP contribution is 2.19. The van der Waals surface area contributed by atoms with Gasteiger partial charge < -0.3 is 15.1 Å². The predicted octanol–water partition coefficient (Wildman–Crippen LogP) is 4.33. The highest BCUT2D eigenvalue weighted by atomic mass is 32.2. The molecule has 0 bridgehead atoms. The van der Waals surface area contributed by atoms with Crippen molar-refractivity contribution in [3.63, 3.8) is 0 Å². The van der Waals surface area contributed by atoms with Crippen molar-refractivity contribution in [3.05, 3.63) is 65.7 Å². The number of hydrogen-bond acceptors (Lipinski definition) is 3. The van der Waals surface area contributed by atoms with Crippen LogP contribution in [0.15, 0.2) is 54.6 Å². The van der Waals surface area contributed by atoms with Gasteiger partial charge in [0.05, 0.1) is 0 Å². The zero-order valence-electron chi connectivity index (χ0n) is 18.1. The van der Waals surface area contributed by atoms with Gasteiger partial charge in [-0.15, -0.1) is 0 Å². The van der Waals surface area contributed by atoms with Gasteiger partial charge in [0.25, 0.3) is 0 Å². The summed E-state index contributed by atoms with van der Waals surface area (Å²) in [5, 5.41) is 3.01. The zero-order valence-corrected chi connectivity index (χ0v) is 19.0. The Kier molecular flexibility index (Phi) is 8.41. The van der Waals surface area contributed by atoms with Crippen LogP contribution in [0.25, 0.3) is 0 Å². The molecule has 0 fully saturated rings. The molecule has 1 N–H and O–H groups in total. The molecule has 1 unspecified atom stereocenters. The van der Waals surface area contributed by atoms with Crippen molar-refractivity contribution in [2.75, 3.05) is 32.5 Å². The number of carbonyl (C=O) groups excluding carboxylic acids is 1. The molecule has 0 aliphatic heterocycles. The summed E-state index contributed by atoms with van der Waals surface area (Å²) in [5.41, 5.74) is 2.77. The smallest absolute Gasteiger partial charge is 0.319 e. The normalized spacial score (nSPS) is 12.6. The molecule has 158 valence electrons. The summed E-state index contributed by atoms with van der Waals surface area (Å²) in [6, 6.07) is 17.5. The molecule has 29 heavy (non-hydrogen) atoms. The lowest BCUT2D eigenvalue weighted by Crippen LogP contribution is -2.39. The molecule has 6 heteroatoms. The van der Waals surface area contributed by atoms with E-state index in [1.54, 1.807) is 0 Å². The van der Waals surface area contributed by atoms with E-state index in [1.807, 2.05) is 94.4 Å². The Morgan fingerprint density at radius 2 is 1.62 bits per heavy atom. The number of nitrogens with zero attached hydrogens (tertiary/aromatic N) is 2. The molecular formula is C23H33N3O2S. The van der Waals surface area contributed by atoms with Gasteiger partial charge in [-0.3, -0.25) is 4.21 Å². The molecule has 0 radical (unpaired) electrons. The number of anilines is 1. The Hall–Kier alpha value is -2.18. The van der Waals surface area contributed by atoms with Gasteiger partial charge in [0.15, 0.2) is 0 Å². The Bertz CT molecular complexity index is 816. The highest BCUT2D eigenvalue weighted by molar-refractivity contribution is 7.85. The fourth-order valence-electron chi connectivity index (χ4n) is 2.69. The van der Waals surface area contributed by atoms with Gasteiger partial charge in [0.1, 0.15) is 0 Å². The molecule has 0 aromatic heterocycles. The first-order valence-corrected chi connectivity index (χ1v) is 11.2. The highest BCUT2D eigenvalue weighted by Gasteiger charge is 2.20. The van der Waals surface area contributed by atoms with Crippen molar-refractivity contribution in [1.29, 1.82) is 0 Å². The van der Waals surface area contributed by atoms with Gasteiger partial charge in [-0.1, -0.05) is 42.5 Å². The summed E-state index contributed by atoms with van der Waals surface area (Å²) in [6.07, 6.45) is 0. The molecular weight excluding hydrogens is 382 g/mol. The molecule has 2 aromatic rings. The fraction of sp³-hybridized carbons (Fsp3) is 0.435. The molecule has 0 saturated heterocycles. The second-order valence-electron chi connectivity index (χ2n) is 8.44. The van der Waals surface area contributed by atoms with Crippen LogP contribution in [0, 0.1) is 0 Å². The number of benzene rings is 2. The topological polar surface area (TPSA) is 52.6 Å². The van der Waals surface area contributed by atoms with Crippen LogP contribution in [-0.2, 0) is 23.1 Å². The van der Waals surface area contributed by atoms with Crippen LogP contribution in [0.5, 0.6) is 0 Å². The van der Waals surface area contributed by atoms with E-state index in [-0.39, 0.29) is 10.8 Å². The number of amides is 2. The van der Waals surface area contributed by atoms with Gasteiger partial charge >= 0.3 is 6.03 Å². The Balaban J connectivity index is 2.09. The SMILES string of the molecule is CN(C)CCN(Cc1ccccc1)C(=O)Nc1cccc(CS(=O)C(C)(C)C)c1. The molecule has 0 spiro atoms. The number of carbonyl (C=O) groups is 1. The van der Waals surface area contributed by atoms with Crippen molar-refractivity contribution < 1.29 is 9.00 Å². The van der Waals surface area contributed by atoms with E-state index in [0.29, 0.717) is 18.8 Å². The summed E-state index contributed by atoms with van der Waals surface area (Å²) in [5.74, 6) is 0.474. The average Bonchev–Trinajstić information content (AvgIpc) is 2.65. The quantitative estimate of drug-likeness (QED) is 0.698. The number of likely N-dealkylation sites (N-methyl/N-ethyl adjacent to an activating group) is 1. The Morgan fingerprint density at radius 1 is 0.966 bits per heavy atom. The molecule has 0 aliphatic carbocycles. The monoisotopic (exact) mass is 415 g/mol. The summed E-state index contributed by atoms with van der Waals surface area (Å²) < 4.78 is 12.2. The van der Waals surface area contributed by atoms with E-state index >= 15 is 0 Å². The lowest BCUT2D eigenvalue weighted by atomic mass is 10.2. The van der Waals surface area contributed by atoms with Crippen LogP contribution in [0.2, 0.25) is 0 Å². The number of hydrogen-bond donors (Lipinski definition) is 1. The number of nitrogens with one attached hydrogen (secondary N) is 1. The molecule has 0 heterocycles. The van der Waals surface area contributed by atoms with Crippen molar-refractivity contribution in [3.8, 4) is 0 Å². The van der Waals surface area contributed by atoms with Crippen molar-refractivity contribution in [2.24, 2.45) is 0 Å². The van der Waals surface area contributed by atoms with E-state index in [9.17, 15) is 9.00 Å². The van der Waals surface area contributed by atoms with E-state index in [2.05, 4.69) is 10.2 Å². The lowest BCUT2D eigenvalue weighted by molar-refractivity contribution is 0.202. The fourth-order valence-corrected chi connectivity index (χ4v) is 3.60. The van der Waals surface area contributed by atoms with Gasteiger partial charge in [-0.2, -0.15) is 0 Å². The van der Waals surface area contributed by atoms with Crippen molar-refractivity contribution in [1.82, 2.24) is 9.80 Å². The molecule has 2 aromatic carbocycles. The van der Waals surface area contributed by atoms with E-state index in [1.165, 1.54) is 0 Å². The number of urea groups is 1. The average molecular weight is 416 g/mol. The van der Waals surface area contributed by atoms with Crippen LogP contribution >= 0.6 is 0 Å². The van der Waals surface area contributed by atoms with Gasteiger partial charge in [0.2, 0.25) is 0 Å². The Morgan fingerprint density at radius 3 is 2.24 bits per heavy atom. The van der Waals surface area contributed by atoms with E-state index in [0.717, 1.165) is 23.4 Å². The lowest BCUT2D eigenvalue weighted by Gasteiger charge is -2.25. The third-order valence-electron chi connectivity index (χ3n) is 4.48. The zero-order chi connectivity index (χ0) is 21.4. The van der Waals surface area contributed by atoms with Crippen molar-refractivity contribution >= 4 is 22.5 Å². The minimum Gasteiger partial charge on any atom is -0.319 e. The maximum Gasteiger partial charge on any atom is 0.322 e. The standard InChI is InChI=1S/C23H33N3O2S/c1-23(2,3)29(28)18-20-12-9-13-21(16-20)24-22(27)26(15-14-25(4)5)17-19-10-7-6-8-11-19/h6-13,16H,14-15,17-18H2,1-5H3,(H,24,27). The van der Waals surface area contributed by atoms with Crippen LogP contribution in [0.1, 0.15) is 31.9 Å². The largest absolute Gasteiger partial charge is 0.322 e. The van der Waals surface area contributed by atoms with Crippen LogP contribution < -0.4 is 5.32 Å². The molecule has 0 saturated carbocycles. The third kappa shape index (κ3) is 7.99. The number of rotatable bonds is 8.